The Labute approximate surface area is 104 Å². The minimum absolute atomic E-state index is 0.516. The van der Waals surface area contributed by atoms with Gasteiger partial charge in [-0.2, -0.15) is 0 Å². The minimum Gasteiger partial charge on any atom is -0.325 e. The smallest absolute Gasteiger partial charge is 0.0584 e. The molecule has 0 spiro atoms. The molecule has 2 N–H and O–H groups in total. The summed E-state index contributed by atoms with van der Waals surface area (Å²) in [6.45, 7) is 3.66. The third-order valence-corrected chi connectivity index (χ3v) is 2.76. The second-order valence-corrected chi connectivity index (χ2v) is 4.71. The molecule has 4 heteroatoms. The second kappa shape index (κ2) is 7.37. The highest BCUT2D eigenvalue weighted by atomic mass is 15.1. The third-order valence-electron chi connectivity index (χ3n) is 2.76. The number of aromatic nitrogens is 1. The minimum atomic E-state index is 0.516. The second-order valence-electron chi connectivity index (χ2n) is 4.71. The fourth-order valence-corrected chi connectivity index (χ4v) is 1.83. The highest BCUT2D eigenvalue weighted by Gasteiger charge is 2.05. The summed E-state index contributed by atoms with van der Waals surface area (Å²) in [6, 6.07) is 4.08. The Bertz CT molecular complexity index is 325. The predicted octanol–water partition coefficient (Wildman–Crippen LogP) is 0.924. The van der Waals surface area contributed by atoms with E-state index in [-0.39, 0.29) is 0 Å². The van der Waals surface area contributed by atoms with Crippen LogP contribution in [-0.4, -0.2) is 49.0 Å². The average Bonchev–Trinajstić information content (AvgIpc) is 2.29. The highest BCUT2D eigenvalue weighted by Crippen LogP contribution is 2.07. The molecule has 0 aromatic carbocycles. The summed E-state index contributed by atoms with van der Waals surface area (Å²) in [7, 11) is 6.35. The van der Waals surface area contributed by atoms with Crippen molar-refractivity contribution >= 4 is 0 Å². The number of nitrogens with zero attached hydrogens (tertiary/aromatic N) is 3. The van der Waals surface area contributed by atoms with Crippen LogP contribution in [0, 0.1) is 0 Å². The van der Waals surface area contributed by atoms with Gasteiger partial charge in [-0.15, -0.1) is 0 Å². The van der Waals surface area contributed by atoms with Crippen LogP contribution in [0.25, 0.3) is 0 Å². The van der Waals surface area contributed by atoms with Crippen LogP contribution >= 0.6 is 0 Å². The summed E-state index contributed by atoms with van der Waals surface area (Å²) in [6.07, 6.45) is 2.99. The Kier molecular flexibility index (Phi) is 6.11. The van der Waals surface area contributed by atoms with Gasteiger partial charge in [0.15, 0.2) is 0 Å². The first kappa shape index (κ1) is 14.1. The van der Waals surface area contributed by atoms with E-state index in [9.17, 15) is 0 Å². The fraction of sp³-hybridized carbons (Fsp3) is 0.615. The van der Waals surface area contributed by atoms with Crippen molar-refractivity contribution in [3.8, 4) is 0 Å². The molecule has 17 heavy (non-hydrogen) atoms. The first-order valence-corrected chi connectivity index (χ1v) is 6.09. The van der Waals surface area contributed by atoms with Crippen LogP contribution in [0.4, 0.5) is 0 Å². The van der Waals surface area contributed by atoms with Crippen LogP contribution in [0.1, 0.15) is 17.7 Å². The van der Waals surface area contributed by atoms with E-state index >= 15 is 0 Å². The first-order valence-electron chi connectivity index (χ1n) is 6.09. The summed E-state index contributed by atoms with van der Waals surface area (Å²) in [4.78, 5) is 8.83. The van der Waals surface area contributed by atoms with Gasteiger partial charge in [-0.05, 0) is 52.3 Å². The largest absolute Gasteiger partial charge is 0.325 e. The lowest BCUT2D eigenvalue weighted by Crippen LogP contribution is -2.24. The van der Waals surface area contributed by atoms with Gasteiger partial charge in [0.25, 0.3) is 0 Å². The van der Waals surface area contributed by atoms with Gasteiger partial charge in [-0.3, -0.25) is 4.98 Å². The van der Waals surface area contributed by atoms with Crippen molar-refractivity contribution in [2.24, 2.45) is 5.73 Å². The molecule has 96 valence electrons. The molecule has 0 fully saturated rings. The summed E-state index contributed by atoms with van der Waals surface area (Å²) >= 11 is 0. The van der Waals surface area contributed by atoms with Crippen molar-refractivity contribution in [1.29, 1.82) is 0 Å². The Balaban J connectivity index is 2.41. The number of hydrogen-bond acceptors (Lipinski definition) is 4. The number of hydrogen-bond donors (Lipinski definition) is 1. The molecular formula is C13H24N4. The van der Waals surface area contributed by atoms with Crippen LogP contribution in [0.2, 0.25) is 0 Å². The van der Waals surface area contributed by atoms with Gasteiger partial charge in [-0.25, -0.2) is 0 Å². The summed E-state index contributed by atoms with van der Waals surface area (Å²) in [5.41, 5.74) is 7.92. The summed E-state index contributed by atoms with van der Waals surface area (Å²) in [5, 5.41) is 0. The average molecular weight is 236 g/mol. The zero-order valence-electron chi connectivity index (χ0n) is 11.2. The summed E-state index contributed by atoms with van der Waals surface area (Å²) in [5.74, 6) is 0. The topological polar surface area (TPSA) is 45.4 Å². The number of pyridine rings is 1. The Morgan fingerprint density at radius 1 is 1.24 bits per heavy atom. The SMILES string of the molecule is CN(C)CCCN(C)Cc1cccnc1CN. The van der Waals surface area contributed by atoms with Crippen LogP contribution in [0.5, 0.6) is 0 Å². The van der Waals surface area contributed by atoms with Gasteiger partial charge in [-0.1, -0.05) is 6.07 Å². The zero-order chi connectivity index (χ0) is 12.7. The van der Waals surface area contributed by atoms with Crippen molar-refractivity contribution in [3.63, 3.8) is 0 Å². The Morgan fingerprint density at radius 3 is 2.65 bits per heavy atom. The van der Waals surface area contributed by atoms with Crippen LogP contribution in [0.15, 0.2) is 18.3 Å². The van der Waals surface area contributed by atoms with Crippen molar-refractivity contribution in [3.05, 3.63) is 29.6 Å². The maximum absolute atomic E-state index is 5.68. The van der Waals surface area contributed by atoms with Gasteiger partial charge in [0, 0.05) is 19.3 Å². The molecule has 0 amide bonds. The summed E-state index contributed by atoms with van der Waals surface area (Å²) < 4.78 is 0. The normalized spacial score (nSPS) is 11.4. The maximum Gasteiger partial charge on any atom is 0.0584 e. The van der Waals surface area contributed by atoms with E-state index < -0.39 is 0 Å². The van der Waals surface area contributed by atoms with Crippen molar-refractivity contribution < 1.29 is 0 Å². The van der Waals surface area contributed by atoms with E-state index in [0.29, 0.717) is 6.54 Å². The van der Waals surface area contributed by atoms with Gasteiger partial charge >= 0.3 is 0 Å². The first-order chi connectivity index (χ1) is 8.13. The molecule has 1 rings (SSSR count). The molecule has 4 nitrogen and oxygen atoms in total. The van der Waals surface area contributed by atoms with Gasteiger partial charge in [0.1, 0.15) is 0 Å². The molecule has 0 unspecified atom stereocenters. The van der Waals surface area contributed by atoms with Gasteiger partial charge in [0.2, 0.25) is 0 Å². The molecule has 0 atom stereocenters. The molecular weight excluding hydrogens is 212 g/mol. The number of nitrogens with two attached hydrogens (primary N) is 1. The highest BCUT2D eigenvalue weighted by molar-refractivity contribution is 5.19. The molecule has 0 bridgehead atoms. The molecule has 0 aliphatic carbocycles. The lowest BCUT2D eigenvalue weighted by molar-refractivity contribution is 0.293. The molecule has 1 heterocycles. The molecule has 0 saturated heterocycles. The van der Waals surface area contributed by atoms with Crippen molar-refractivity contribution in [1.82, 2.24) is 14.8 Å². The monoisotopic (exact) mass is 236 g/mol. The van der Waals surface area contributed by atoms with Crippen LogP contribution < -0.4 is 5.73 Å². The molecule has 1 aromatic rings. The van der Waals surface area contributed by atoms with E-state index in [0.717, 1.165) is 25.3 Å². The Hall–Kier alpha value is -0.970. The maximum atomic E-state index is 5.68. The molecule has 1 aromatic heterocycles. The standard InChI is InChI=1S/C13H24N4/c1-16(2)8-5-9-17(3)11-12-6-4-7-15-13(12)10-14/h4,6-7H,5,8-11,14H2,1-3H3. The van der Waals surface area contributed by atoms with E-state index in [1.54, 1.807) is 6.20 Å². The molecule has 0 aliphatic heterocycles. The van der Waals surface area contributed by atoms with E-state index in [2.05, 4.69) is 42.0 Å². The Morgan fingerprint density at radius 2 is 2.00 bits per heavy atom. The van der Waals surface area contributed by atoms with Crippen molar-refractivity contribution in [2.45, 2.75) is 19.5 Å². The lowest BCUT2D eigenvalue weighted by Gasteiger charge is -2.19. The van der Waals surface area contributed by atoms with E-state index in [1.165, 1.54) is 12.0 Å². The lowest BCUT2D eigenvalue weighted by atomic mass is 10.2. The van der Waals surface area contributed by atoms with Gasteiger partial charge in [0.05, 0.1) is 5.69 Å². The van der Waals surface area contributed by atoms with Gasteiger partial charge < -0.3 is 15.5 Å². The number of rotatable bonds is 7. The third kappa shape index (κ3) is 5.26. The predicted molar refractivity (Wildman–Crippen MR) is 71.6 cm³/mol. The zero-order valence-corrected chi connectivity index (χ0v) is 11.2. The molecule has 0 radical (unpaired) electrons. The van der Waals surface area contributed by atoms with E-state index in [4.69, 9.17) is 5.73 Å². The fourth-order valence-electron chi connectivity index (χ4n) is 1.83. The molecule has 0 saturated carbocycles. The van der Waals surface area contributed by atoms with Crippen LogP contribution in [0.3, 0.4) is 0 Å². The van der Waals surface area contributed by atoms with Crippen LogP contribution in [-0.2, 0) is 13.1 Å². The van der Waals surface area contributed by atoms with Crippen molar-refractivity contribution in [2.75, 3.05) is 34.2 Å². The molecule has 0 aliphatic rings. The quantitative estimate of drug-likeness (QED) is 0.765. The van der Waals surface area contributed by atoms with E-state index in [1.807, 2.05) is 6.07 Å².